The Hall–Kier alpha value is -2.74. The average molecular weight is 421 g/mol. The lowest BCUT2D eigenvalue weighted by atomic mass is 9.89. The number of rotatable bonds is 5. The van der Waals surface area contributed by atoms with Gasteiger partial charge in [0.2, 0.25) is 12.5 Å². The third kappa shape index (κ3) is 4.23. The molecular formula is C22H22F3NO4. The maximum atomic E-state index is 13.0. The number of hydrogen-bond acceptors (Lipinski definition) is 5. The summed E-state index contributed by atoms with van der Waals surface area (Å²) < 4.78 is 55.2. The van der Waals surface area contributed by atoms with Crippen molar-refractivity contribution in [2.75, 3.05) is 27.0 Å². The fourth-order valence-corrected chi connectivity index (χ4v) is 4.03. The van der Waals surface area contributed by atoms with Gasteiger partial charge < -0.3 is 14.2 Å². The summed E-state index contributed by atoms with van der Waals surface area (Å²) in [5.41, 5.74) is 0.276. The van der Waals surface area contributed by atoms with Gasteiger partial charge in [-0.3, -0.25) is 9.69 Å². The second-order valence-corrected chi connectivity index (χ2v) is 7.55. The highest BCUT2D eigenvalue weighted by Gasteiger charge is 2.32. The van der Waals surface area contributed by atoms with Crippen molar-refractivity contribution >= 4 is 5.78 Å². The van der Waals surface area contributed by atoms with Crippen LogP contribution in [0.3, 0.4) is 0 Å². The van der Waals surface area contributed by atoms with Gasteiger partial charge in [-0.1, -0.05) is 12.1 Å². The molecule has 8 heteroatoms. The van der Waals surface area contributed by atoms with Crippen molar-refractivity contribution in [2.24, 2.45) is 5.92 Å². The van der Waals surface area contributed by atoms with E-state index < -0.39 is 11.7 Å². The van der Waals surface area contributed by atoms with Crippen LogP contribution in [-0.4, -0.2) is 37.7 Å². The first kappa shape index (κ1) is 20.5. The zero-order valence-corrected chi connectivity index (χ0v) is 16.5. The zero-order valence-electron chi connectivity index (χ0n) is 16.5. The molecule has 0 radical (unpaired) electrons. The lowest BCUT2D eigenvalue weighted by Crippen LogP contribution is -2.38. The number of halogens is 3. The molecule has 2 heterocycles. The highest BCUT2D eigenvalue weighted by atomic mass is 19.4. The Morgan fingerprint density at radius 3 is 2.83 bits per heavy atom. The van der Waals surface area contributed by atoms with Crippen LogP contribution < -0.4 is 14.2 Å². The van der Waals surface area contributed by atoms with E-state index in [1.165, 1.54) is 12.1 Å². The van der Waals surface area contributed by atoms with E-state index in [0.29, 0.717) is 36.8 Å². The Morgan fingerprint density at radius 1 is 1.23 bits per heavy atom. The number of alkyl halides is 3. The van der Waals surface area contributed by atoms with Gasteiger partial charge in [0, 0.05) is 24.6 Å². The van der Waals surface area contributed by atoms with E-state index in [9.17, 15) is 18.0 Å². The van der Waals surface area contributed by atoms with Crippen LogP contribution in [0.25, 0.3) is 0 Å². The van der Waals surface area contributed by atoms with Crippen molar-refractivity contribution in [1.82, 2.24) is 4.90 Å². The van der Waals surface area contributed by atoms with Gasteiger partial charge in [0.1, 0.15) is 0 Å². The van der Waals surface area contributed by atoms with Gasteiger partial charge in [-0.2, -0.15) is 13.2 Å². The Bertz CT molecular complexity index is 944. The van der Waals surface area contributed by atoms with Crippen LogP contribution in [0.1, 0.15) is 34.3 Å². The van der Waals surface area contributed by atoms with Gasteiger partial charge in [0.25, 0.3) is 0 Å². The number of carbonyl (C=O) groups is 1. The van der Waals surface area contributed by atoms with Gasteiger partial charge in [-0.15, -0.1) is 0 Å². The van der Waals surface area contributed by atoms with Crippen LogP contribution in [-0.2, 0) is 12.7 Å². The monoisotopic (exact) mass is 421 g/mol. The van der Waals surface area contributed by atoms with Crippen LogP contribution >= 0.6 is 0 Å². The maximum Gasteiger partial charge on any atom is 0.416 e. The average Bonchev–Trinajstić information content (AvgIpc) is 3.21. The number of ketones is 1. The Balaban J connectivity index is 1.47. The molecule has 0 N–H and O–H groups in total. The number of carbonyl (C=O) groups excluding carboxylic acids is 1. The lowest BCUT2D eigenvalue weighted by molar-refractivity contribution is -0.137. The smallest absolute Gasteiger partial charge is 0.416 e. The van der Waals surface area contributed by atoms with Crippen molar-refractivity contribution in [3.05, 3.63) is 53.1 Å². The molecule has 0 aliphatic carbocycles. The Morgan fingerprint density at radius 2 is 2.07 bits per heavy atom. The minimum absolute atomic E-state index is 0.112. The number of piperidine rings is 1. The molecule has 1 fully saturated rings. The van der Waals surface area contributed by atoms with E-state index >= 15 is 0 Å². The van der Waals surface area contributed by atoms with Crippen LogP contribution in [0.15, 0.2) is 36.4 Å². The van der Waals surface area contributed by atoms with Crippen molar-refractivity contribution in [3.63, 3.8) is 0 Å². The summed E-state index contributed by atoms with van der Waals surface area (Å²) >= 11 is 0. The second-order valence-electron chi connectivity index (χ2n) is 7.55. The third-order valence-corrected chi connectivity index (χ3v) is 5.48. The van der Waals surface area contributed by atoms with E-state index in [0.717, 1.165) is 30.7 Å². The van der Waals surface area contributed by atoms with Crippen LogP contribution in [0.4, 0.5) is 13.2 Å². The molecule has 160 valence electrons. The molecule has 30 heavy (non-hydrogen) atoms. The fraction of sp³-hybridized carbons (Fsp3) is 0.409. The first-order valence-electron chi connectivity index (χ1n) is 9.75. The first-order chi connectivity index (χ1) is 14.3. The van der Waals surface area contributed by atoms with Gasteiger partial charge >= 0.3 is 6.18 Å². The Kier molecular flexibility index (Phi) is 5.60. The first-order valence-corrected chi connectivity index (χ1v) is 9.75. The molecule has 1 atom stereocenters. The molecule has 0 aromatic heterocycles. The summed E-state index contributed by atoms with van der Waals surface area (Å²) in [6.45, 7) is 2.03. The highest BCUT2D eigenvalue weighted by Crippen LogP contribution is 2.42. The van der Waals surface area contributed by atoms with Crippen molar-refractivity contribution in [3.8, 4) is 17.2 Å². The van der Waals surface area contributed by atoms with Gasteiger partial charge in [-0.25, -0.2) is 0 Å². The fourth-order valence-electron chi connectivity index (χ4n) is 4.03. The molecule has 0 amide bonds. The number of fused-ring (bicyclic) bond motifs is 1. The number of likely N-dealkylation sites (tertiary alicyclic amines) is 1. The van der Waals surface area contributed by atoms with Crippen LogP contribution in [0, 0.1) is 5.92 Å². The van der Waals surface area contributed by atoms with Crippen molar-refractivity contribution in [1.29, 1.82) is 0 Å². The number of hydrogen-bond donors (Lipinski definition) is 0. The molecule has 2 aliphatic heterocycles. The van der Waals surface area contributed by atoms with E-state index in [4.69, 9.17) is 14.2 Å². The molecule has 0 spiro atoms. The molecular weight excluding hydrogens is 399 g/mol. The molecule has 0 saturated carbocycles. The minimum Gasteiger partial charge on any atom is -0.493 e. The molecule has 0 unspecified atom stereocenters. The SMILES string of the molecule is COc1cc(CN2CCC[C@H](C(=O)c3cccc(C(F)(F)F)c3)C2)cc2c1OCO2. The standard InChI is InChI=1S/C22H22F3NO4/c1-28-18-8-14(9-19-21(18)30-13-29-19)11-26-7-3-5-16(12-26)20(27)15-4-2-6-17(10-15)22(23,24)25/h2,4,6,8-10,16H,3,5,7,11-13H2,1H3/t16-/m0/s1. The number of Topliss-reactive ketones (excluding diaryl/α,β-unsaturated/α-hetero) is 1. The normalized spacial score (nSPS) is 19.0. The summed E-state index contributed by atoms with van der Waals surface area (Å²) in [5, 5.41) is 0. The quantitative estimate of drug-likeness (QED) is 0.664. The van der Waals surface area contributed by atoms with Crippen LogP contribution in [0.2, 0.25) is 0 Å². The number of benzene rings is 2. The molecule has 5 nitrogen and oxygen atoms in total. The summed E-state index contributed by atoms with van der Waals surface area (Å²) in [7, 11) is 1.56. The highest BCUT2D eigenvalue weighted by molar-refractivity contribution is 5.98. The lowest BCUT2D eigenvalue weighted by Gasteiger charge is -2.32. The van der Waals surface area contributed by atoms with E-state index in [-0.39, 0.29) is 24.1 Å². The molecule has 2 aromatic carbocycles. The number of methoxy groups -OCH3 is 1. The second kappa shape index (κ2) is 8.18. The molecule has 0 bridgehead atoms. The largest absolute Gasteiger partial charge is 0.493 e. The zero-order chi connectivity index (χ0) is 21.3. The summed E-state index contributed by atoms with van der Waals surface area (Å²) in [4.78, 5) is 15.0. The number of nitrogens with zero attached hydrogens (tertiary/aromatic N) is 1. The topological polar surface area (TPSA) is 48.0 Å². The van der Waals surface area contributed by atoms with Crippen LogP contribution in [0.5, 0.6) is 17.2 Å². The molecule has 4 rings (SSSR count). The Labute approximate surface area is 172 Å². The minimum atomic E-state index is -4.46. The molecule has 1 saturated heterocycles. The van der Waals surface area contributed by atoms with E-state index in [1.807, 2.05) is 12.1 Å². The summed E-state index contributed by atoms with van der Waals surface area (Å²) in [6.07, 6.45) is -3.00. The summed E-state index contributed by atoms with van der Waals surface area (Å²) in [5.74, 6) is 1.22. The predicted molar refractivity (Wildman–Crippen MR) is 103 cm³/mol. The third-order valence-electron chi connectivity index (χ3n) is 5.48. The van der Waals surface area contributed by atoms with Crippen molar-refractivity contribution < 1.29 is 32.2 Å². The van der Waals surface area contributed by atoms with Crippen molar-refractivity contribution in [2.45, 2.75) is 25.6 Å². The van der Waals surface area contributed by atoms with Gasteiger partial charge in [-0.05, 0) is 49.2 Å². The number of ether oxygens (including phenoxy) is 3. The van der Waals surface area contributed by atoms with E-state index in [2.05, 4.69) is 4.90 Å². The van der Waals surface area contributed by atoms with Gasteiger partial charge in [0.05, 0.1) is 12.7 Å². The van der Waals surface area contributed by atoms with Gasteiger partial charge in [0.15, 0.2) is 17.3 Å². The van der Waals surface area contributed by atoms with E-state index in [1.54, 1.807) is 7.11 Å². The summed E-state index contributed by atoms with van der Waals surface area (Å²) in [6, 6.07) is 8.45. The predicted octanol–water partition coefficient (Wildman–Crippen LogP) is 4.54. The maximum absolute atomic E-state index is 13.0. The molecule has 2 aromatic rings. The molecule has 2 aliphatic rings.